The number of ether oxygens (including phenoxy) is 4. The lowest BCUT2D eigenvalue weighted by Gasteiger charge is -2.35. The molecule has 2 aromatic rings. The van der Waals surface area contributed by atoms with Crippen LogP contribution < -0.4 is 24.3 Å². The lowest BCUT2D eigenvalue weighted by atomic mass is 9.80. The molecule has 0 aromatic heterocycles. The van der Waals surface area contributed by atoms with Crippen LogP contribution in [0.3, 0.4) is 0 Å². The van der Waals surface area contributed by atoms with E-state index in [1.54, 1.807) is 28.4 Å². The first-order valence-electron chi connectivity index (χ1n) is 8.87. The molecule has 0 amide bonds. The van der Waals surface area contributed by atoms with Gasteiger partial charge in [0.25, 0.3) is 0 Å². The number of nitrogens with one attached hydrogen (secondary N) is 1. The van der Waals surface area contributed by atoms with Crippen molar-refractivity contribution in [3.05, 3.63) is 46.5 Å². The highest BCUT2D eigenvalue weighted by Gasteiger charge is 2.39. The van der Waals surface area contributed by atoms with Crippen LogP contribution in [-0.4, -0.2) is 34.5 Å². The van der Waals surface area contributed by atoms with Crippen LogP contribution in [0.15, 0.2) is 24.3 Å². The number of fused-ring (bicyclic) bond motifs is 1. The van der Waals surface area contributed by atoms with Crippen molar-refractivity contribution in [2.24, 2.45) is 0 Å². The molecule has 1 aliphatic carbocycles. The van der Waals surface area contributed by atoms with Gasteiger partial charge < -0.3 is 24.3 Å². The van der Waals surface area contributed by atoms with E-state index in [1.807, 2.05) is 0 Å². The SMILES string of the molecule is COc1cc2c(cc1OC)[C@@H]1c3cc(OC)c(OC)cc3[C@H](C2)N[C@H]1C. The minimum absolute atomic E-state index is 0.221. The number of hydrogen-bond donors (Lipinski definition) is 1. The van der Waals surface area contributed by atoms with E-state index >= 15 is 0 Å². The zero-order chi connectivity index (χ0) is 18.4. The maximum atomic E-state index is 5.57. The summed E-state index contributed by atoms with van der Waals surface area (Å²) in [6.07, 6.45) is 0.902. The number of methoxy groups -OCH3 is 4. The molecule has 2 bridgehead atoms. The third-order valence-corrected chi connectivity index (χ3v) is 5.67. The normalized spacial score (nSPS) is 22.9. The van der Waals surface area contributed by atoms with Crippen molar-refractivity contribution in [3.63, 3.8) is 0 Å². The third-order valence-electron chi connectivity index (χ3n) is 5.67. The first-order valence-corrected chi connectivity index (χ1v) is 8.87. The molecule has 5 rings (SSSR count). The van der Waals surface area contributed by atoms with Gasteiger partial charge in [-0.25, -0.2) is 0 Å². The van der Waals surface area contributed by atoms with E-state index in [4.69, 9.17) is 18.9 Å². The Hall–Kier alpha value is -2.40. The summed E-state index contributed by atoms with van der Waals surface area (Å²) < 4.78 is 22.2. The molecule has 0 saturated heterocycles. The maximum Gasteiger partial charge on any atom is 0.161 e. The highest BCUT2D eigenvalue weighted by atomic mass is 16.5. The molecule has 2 aromatic carbocycles. The van der Waals surface area contributed by atoms with Crippen LogP contribution in [-0.2, 0) is 6.42 Å². The number of hydrogen-bond acceptors (Lipinski definition) is 5. The predicted molar refractivity (Wildman–Crippen MR) is 100.0 cm³/mol. The second kappa shape index (κ2) is 6.40. The molecule has 5 nitrogen and oxygen atoms in total. The Bertz CT molecular complexity index is 848. The standard InChI is InChI=1S/C21H25NO4/c1-11-21-13-8-18(24-3)17(23-2)7-12(13)6-16(22-11)14-9-19(25-4)20(26-5)10-15(14)21/h7-11,16,21-22H,6H2,1-5H3/t11-,16-,21+/m0/s1. The molecule has 0 unspecified atom stereocenters. The molecule has 2 aliphatic heterocycles. The maximum absolute atomic E-state index is 5.57. The molecule has 0 fully saturated rings. The van der Waals surface area contributed by atoms with Crippen LogP contribution in [0.4, 0.5) is 0 Å². The predicted octanol–water partition coefficient (Wildman–Crippen LogP) is 3.44. The number of benzene rings is 2. The molecular weight excluding hydrogens is 330 g/mol. The molecule has 0 spiro atoms. The van der Waals surface area contributed by atoms with Crippen molar-refractivity contribution in [2.75, 3.05) is 28.4 Å². The summed E-state index contributed by atoms with van der Waals surface area (Å²) in [7, 11) is 6.73. The fourth-order valence-corrected chi connectivity index (χ4v) is 4.48. The van der Waals surface area contributed by atoms with E-state index in [0.29, 0.717) is 6.04 Å². The lowest BCUT2D eigenvalue weighted by molar-refractivity contribution is 0.348. The monoisotopic (exact) mass is 355 g/mol. The molecule has 0 radical (unpaired) electrons. The van der Waals surface area contributed by atoms with Gasteiger partial charge in [-0.15, -0.1) is 0 Å². The second-order valence-electron chi connectivity index (χ2n) is 6.93. The Morgan fingerprint density at radius 2 is 1.23 bits per heavy atom. The molecule has 3 aliphatic rings. The highest BCUT2D eigenvalue weighted by Crippen LogP contribution is 2.49. The van der Waals surface area contributed by atoms with Crippen LogP contribution >= 0.6 is 0 Å². The van der Waals surface area contributed by atoms with Crippen LogP contribution in [0.2, 0.25) is 0 Å². The molecule has 1 N–H and O–H groups in total. The Morgan fingerprint density at radius 3 is 1.81 bits per heavy atom. The van der Waals surface area contributed by atoms with Crippen molar-refractivity contribution in [1.29, 1.82) is 0 Å². The topological polar surface area (TPSA) is 49.0 Å². The van der Waals surface area contributed by atoms with E-state index < -0.39 is 0 Å². The molecule has 0 saturated carbocycles. The van der Waals surface area contributed by atoms with E-state index in [0.717, 1.165) is 29.4 Å². The van der Waals surface area contributed by atoms with Crippen LogP contribution in [0, 0.1) is 0 Å². The van der Waals surface area contributed by atoms with Gasteiger partial charge in [-0.05, 0) is 59.9 Å². The average Bonchev–Trinajstić information content (AvgIpc) is 2.88. The van der Waals surface area contributed by atoms with Gasteiger partial charge in [0, 0.05) is 18.0 Å². The van der Waals surface area contributed by atoms with E-state index in [1.165, 1.54) is 22.3 Å². The van der Waals surface area contributed by atoms with Gasteiger partial charge in [0.15, 0.2) is 23.0 Å². The van der Waals surface area contributed by atoms with E-state index in [2.05, 4.69) is 36.5 Å². The molecular formula is C21H25NO4. The largest absolute Gasteiger partial charge is 0.493 e. The zero-order valence-corrected chi connectivity index (χ0v) is 15.9. The summed E-state index contributed by atoms with van der Waals surface area (Å²) >= 11 is 0. The zero-order valence-electron chi connectivity index (χ0n) is 15.9. The minimum Gasteiger partial charge on any atom is -0.493 e. The lowest BCUT2D eigenvalue weighted by Crippen LogP contribution is -2.39. The van der Waals surface area contributed by atoms with Crippen molar-refractivity contribution >= 4 is 0 Å². The Balaban J connectivity index is 1.95. The number of rotatable bonds is 4. The van der Waals surface area contributed by atoms with Crippen LogP contribution in [0.5, 0.6) is 23.0 Å². The molecule has 138 valence electrons. The van der Waals surface area contributed by atoms with Crippen molar-refractivity contribution in [1.82, 2.24) is 5.32 Å². The van der Waals surface area contributed by atoms with Gasteiger partial charge >= 0.3 is 0 Å². The highest BCUT2D eigenvalue weighted by molar-refractivity contribution is 5.59. The van der Waals surface area contributed by atoms with Crippen LogP contribution in [0.1, 0.15) is 41.1 Å². The Labute approximate surface area is 154 Å². The Kier molecular flexibility index (Phi) is 4.19. The molecule has 5 heteroatoms. The average molecular weight is 355 g/mol. The first kappa shape index (κ1) is 17.0. The third kappa shape index (κ3) is 2.42. The summed E-state index contributed by atoms with van der Waals surface area (Å²) in [5.41, 5.74) is 5.16. The van der Waals surface area contributed by atoms with E-state index in [-0.39, 0.29) is 12.0 Å². The van der Waals surface area contributed by atoms with Gasteiger partial charge in [0.1, 0.15) is 0 Å². The molecule has 2 heterocycles. The quantitative estimate of drug-likeness (QED) is 0.910. The minimum atomic E-state index is 0.221. The molecule has 3 atom stereocenters. The smallest absolute Gasteiger partial charge is 0.161 e. The summed E-state index contributed by atoms with van der Waals surface area (Å²) in [6.45, 7) is 2.24. The second-order valence-corrected chi connectivity index (χ2v) is 6.93. The van der Waals surface area contributed by atoms with Crippen molar-refractivity contribution < 1.29 is 18.9 Å². The fraction of sp³-hybridized carbons (Fsp3) is 0.429. The van der Waals surface area contributed by atoms with Gasteiger partial charge in [-0.3, -0.25) is 0 Å². The summed E-state index contributed by atoms with van der Waals surface area (Å²) in [6, 6.07) is 9.04. The Morgan fingerprint density at radius 1 is 0.731 bits per heavy atom. The van der Waals surface area contributed by atoms with Crippen LogP contribution in [0.25, 0.3) is 0 Å². The summed E-state index contributed by atoms with van der Waals surface area (Å²) in [4.78, 5) is 0. The first-order chi connectivity index (χ1) is 12.6. The van der Waals surface area contributed by atoms with Gasteiger partial charge in [0.05, 0.1) is 28.4 Å². The van der Waals surface area contributed by atoms with Gasteiger partial charge in [-0.1, -0.05) is 0 Å². The summed E-state index contributed by atoms with van der Waals surface area (Å²) in [5, 5.41) is 3.77. The van der Waals surface area contributed by atoms with Crippen molar-refractivity contribution in [3.8, 4) is 23.0 Å². The van der Waals surface area contributed by atoms with E-state index in [9.17, 15) is 0 Å². The van der Waals surface area contributed by atoms with Crippen molar-refractivity contribution in [2.45, 2.75) is 31.3 Å². The fourth-order valence-electron chi connectivity index (χ4n) is 4.48. The summed E-state index contributed by atoms with van der Waals surface area (Å²) in [5.74, 6) is 3.31. The van der Waals surface area contributed by atoms with Gasteiger partial charge in [-0.2, -0.15) is 0 Å². The molecule has 26 heavy (non-hydrogen) atoms. The van der Waals surface area contributed by atoms with Gasteiger partial charge in [0.2, 0.25) is 0 Å².